The van der Waals surface area contributed by atoms with E-state index in [1.807, 2.05) is 6.92 Å². The number of rotatable bonds is 9. The molecule has 0 aliphatic heterocycles. The van der Waals surface area contributed by atoms with Gasteiger partial charge in [-0.05, 0) is 55.5 Å². The molecular formula is C26H22ClF3N4O3. The lowest BCUT2D eigenvalue weighted by Crippen LogP contribution is -2.12. The van der Waals surface area contributed by atoms with Crippen molar-refractivity contribution >= 4 is 23.2 Å². The Kier molecular flexibility index (Phi) is 8.10. The molecule has 7 nitrogen and oxygen atoms in total. The predicted molar refractivity (Wildman–Crippen MR) is 133 cm³/mol. The van der Waals surface area contributed by atoms with Crippen molar-refractivity contribution in [3.05, 3.63) is 88.9 Å². The number of halogens is 4. The Hall–Kier alpha value is -3.89. The second-order valence-electron chi connectivity index (χ2n) is 7.73. The minimum absolute atomic E-state index is 0.0469. The molecule has 0 spiro atoms. The number of alkyl halides is 3. The Morgan fingerprint density at radius 2 is 1.70 bits per heavy atom. The van der Waals surface area contributed by atoms with Crippen LogP contribution in [0.3, 0.4) is 0 Å². The van der Waals surface area contributed by atoms with Crippen molar-refractivity contribution in [1.82, 2.24) is 14.8 Å². The molecule has 4 rings (SSSR count). The zero-order valence-corrected chi connectivity index (χ0v) is 20.4. The molecule has 0 aliphatic carbocycles. The van der Waals surface area contributed by atoms with Crippen LogP contribution in [0.25, 0.3) is 17.1 Å². The second-order valence-corrected chi connectivity index (χ2v) is 8.14. The van der Waals surface area contributed by atoms with E-state index in [-0.39, 0.29) is 24.3 Å². The fraction of sp³-hybridized carbons (Fsp3) is 0.192. The van der Waals surface area contributed by atoms with Crippen LogP contribution in [0.1, 0.15) is 22.8 Å². The number of anilines is 1. The highest BCUT2D eigenvalue weighted by Crippen LogP contribution is 2.31. The largest absolute Gasteiger partial charge is 0.460 e. The van der Waals surface area contributed by atoms with Gasteiger partial charge >= 0.3 is 12.2 Å². The number of carbonyl (C=O) groups is 1. The summed E-state index contributed by atoms with van der Waals surface area (Å²) < 4.78 is 51.4. The van der Waals surface area contributed by atoms with Gasteiger partial charge in [0.15, 0.2) is 5.82 Å². The highest BCUT2D eigenvalue weighted by Gasteiger charge is 2.30. The highest BCUT2D eigenvalue weighted by molar-refractivity contribution is 6.34. The average molecular weight is 531 g/mol. The van der Waals surface area contributed by atoms with Crippen LogP contribution in [0.4, 0.5) is 18.9 Å². The van der Waals surface area contributed by atoms with Crippen LogP contribution in [-0.4, -0.2) is 40.5 Å². The van der Waals surface area contributed by atoms with Crippen molar-refractivity contribution in [3.8, 4) is 23.1 Å². The standard InChI is InChI=1S/C26H22ClF3N4O3/c1-2-36-15-16-37-25-32-23(17-7-9-18(10-8-17)26(28,29)30)34(33-25)20-13-11-19(12-14-20)31-24(35)21-5-3-4-6-22(21)27/h3-14H,2,15-16H2,1H3,(H,31,35). The minimum Gasteiger partial charge on any atom is -0.460 e. The summed E-state index contributed by atoms with van der Waals surface area (Å²) in [6, 6.07) is 18.1. The number of nitrogens with one attached hydrogen (secondary N) is 1. The number of hydrogen-bond donors (Lipinski definition) is 1. The molecule has 0 radical (unpaired) electrons. The van der Waals surface area contributed by atoms with Gasteiger partial charge in [0.05, 0.1) is 28.4 Å². The number of nitrogens with zero attached hydrogens (tertiary/aromatic N) is 3. The molecule has 0 saturated heterocycles. The van der Waals surface area contributed by atoms with E-state index in [4.69, 9.17) is 21.1 Å². The van der Waals surface area contributed by atoms with Crippen LogP contribution in [0, 0.1) is 0 Å². The maximum absolute atomic E-state index is 13.0. The van der Waals surface area contributed by atoms with Gasteiger partial charge in [0.1, 0.15) is 6.61 Å². The molecule has 3 aromatic carbocycles. The molecule has 1 aromatic heterocycles. The van der Waals surface area contributed by atoms with E-state index >= 15 is 0 Å². The smallest absolute Gasteiger partial charge is 0.416 e. The summed E-state index contributed by atoms with van der Waals surface area (Å²) in [5, 5.41) is 7.48. The summed E-state index contributed by atoms with van der Waals surface area (Å²) in [6.45, 7) is 2.93. The molecule has 0 saturated carbocycles. The van der Waals surface area contributed by atoms with Gasteiger partial charge in [0.2, 0.25) is 0 Å². The molecule has 1 amide bonds. The molecule has 192 valence electrons. The Balaban J connectivity index is 1.60. The van der Waals surface area contributed by atoms with Crippen LogP contribution in [0.2, 0.25) is 5.02 Å². The van der Waals surface area contributed by atoms with Gasteiger partial charge < -0.3 is 14.8 Å². The van der Waals surface area contributed by atoms with Crippen molar-refractivity contribution in [2.75, 3.05) is 25.1 Å². The number of aromatic nitrogens is 3. The summed E-state index contributed by atoms with van der Waals surface area (Å²) in [7, 11) is 0. The van der Waals surface area contributed by atoms with Crippen LogP contribution in [0.15, 0.2) is 72.8 Å². The minimum atomic E-state index is -4.45. The Labute approximate surface area is 215 Å². The van der Waals surface area contributed by atoms with E-state index in [1.165, 1.54) is 16.8 Å². The Morgan fingerprint density at radius 3 is 2.35 bits per heavy atom. The van der Waals surface area contributed by atoms with Gasteiger partial charge in [-0.1, -0.05) is 35.9 Å². The van der Waals surface area contributed by atoms with E-state index in [2.05, 4.69) is 15.4 Å². The van der Waals surface area contributed by atoms with Crippen molar-refractivity contribution in [1.29, 1.82) is 0 Å². The Morgan fingerprint density at radius 1 is 1.00 bits per heavy atom. The van der Waals surface area contributed by atoms with E-state index in [9.17, 15) is 18.0 Å². The van der Waals surface area contributed by atoms with Gasteiger partial charge in [-0.15, -0.1) is 5.10 Å². The zero-order valence-electron chi connectivity index (χ0n) is 19.6. The van der Waals surface area contributed by atoms with Gasteiger partial charge in [-0.3, -0.25) is 4.79 Å². The SMILES string of the molecule is CCOCCOc1nc(-c2ccc(C(F)(F)F)cc2)n(-c2ccc(NC(=O)c3ccccc3Cl)cc2)n1. The first-order chi connectivity index (χ1) is 17.8. The van der Waals surface area contributed by atoms with Crippen molar-refractivity contribution in [2.24, 2.45) is 0 Å². The normalized spacial score (nSPS) is 11.4. The number of hydrogen-bond acceptors (Lipinski definition) is 5. The lowest BCUT2D eigenvalue weighted by Gasteiger charge is -2.10. The molecule has 1 N–H and O–H groups in total. The molecule has 0 fully saturated rings. The molecule has 1 heterocycles. The molecule has 0 bridgehead atoms. The quantitative estimate of drug-likeness (QED) is 0.258. The molecule has 0 unspecified atom stereocenters. The summed E-state index contributed by atoms with van der Waals surface area (Å²) in [4.78, 5) is 16.9. The van der Waals surface area contributed by atoms with E-state index in [0.717, 1.165) is 12.1 Å². The summed E-state index contributed by atoms with van der Waals surface area (Å²) in [5.41, 5.74) is 1.05. The maximum atomic E-state index is 13.0. The van der Waals surface area contributed by atoms with Crippen molar-refractivity contribution in [2.45, 2.75) is 13.1 Å². The molecule has 4 aromatic rings. The van der Waals surface area contributed by atoms with Gasteiger partial charge in [-0.2, -0.15) is 18.2 Å². The number of carbonyl (C=O) groups excluding carboxylic acids is 1. The first-order valence-corrected chi connectivity index (χ1v) is 11.7. The third kappa shape index (κ3) is 6.46. The molecule has 0 atom stereocenters. The molecule has 11 heteroatoms. The fourth-order valence-electron chi connectivity index (χ4n) is 3.40. The fourth-order valence-corrected chi connectivity index (χ4v) is 3.62. The predicted octanol–water partition coefficient (Wildman–Crippen LogP) is 6.27. The molecule has 0 aliphatic rings. The molecular weight excluding hydrogens is 509 g/mol. The average Bonchev–Trinajstić information content (AvgIpc) is 3.31. The van der Waals surface area contributed by atoms with Gasteiger partial charge in [0, 0.05) is 17.9 Å². The van der Waals surface area contributed by atoms with Gasteiger partial charge in [-0.25, -0.2) is 4.68 Å². The van der Waals surface area contributed by atoms with Crippen LogP contribution in [-0.2, 0) is 10.9 Å². The number of ether oxygens (including phenoxy) is 2. The van der Waals surface area contributed by atoms with Crippen molar-refractivity contribution < 1.29 is 27.4 Å². The van der Waals surface area contributed by atoms with E-state index < -0.39 is 11.7 Å². The first-order valence-electron chi connectivity index (χ1n) is 11.3. The third-order valence-electron chi connectivity index (χ3n) is 5.21. The topological polar surface area (TPSA) is 78.3 Å². The second kappa shape index (κ2) is 11.4. The lowest BCUT2D eigenvalue weighted by molar-refractivity contribution is -0.137. The monoisotopic (exact) mass is 530 g/mol. The third-order valence-corrected chi connectivity index (χ3v) is 5.54. The zero-order chi connectivity index (χ0) is 26.4. The van der Waals surface area contributed by atoms with Crippen LogP contribution < -0.4 is 10.1 Å². The summed E-state index contributed by atoms with van der Waals surface area (Å²) >= 11 is 6.10. The number of benzene rings is 3. The molecule has 37 heavy (non-hydrogen) atoms. The maximum Gasteiger partial charge on any atom is 0.416 e. The van der Waals surface area contributed by atoms with Crippen LogP contribution >= 0.6 is 11.6 Å². The summed E-state index contributed by atoms with van der Waals surface area (Å²) in [6.07, 6.45) is -4.45. The van der Waals surface area contributed by atoms with Crippen molar-refractivity contribution in [3.63, 3.8) is 0 Å². The Bertz CT molecular complexity index is 1360. The first kappa shape index (κ1) is 26.2. The lowest BCUT2D eigenvalue weighted by atomic mass is 10.1. The van der Waals surface area contributed by atoms with Gasteiger partial charge in [0.25, 0.3) is 5.91 Å². The number of amides is 1. The van der Waals surface area contributed by atoms with E-state index in [1.54, 1.807) is 48.5 Å². The highest BCUT2D eigenvalue weighted by atomic mass is 35.5. The van der Waals surface area contributed by atoms with Crippen LogP contribution in [0.5, 0.6) is 6.01 Å². The summed E-state index contributed by atoms with van der Waals surface area (Å²) in [5.74, 6) is -0.0810. The van der Waals surface area contributed by atoms with E-state index in [0.29, 0.717) is 40.7 Å².